The van der Waals surface area contributed by atoms with Crippen LogP contribution in [0.5, 0.6) is 0 Å². The third-order valence-electron chi connectivity index (χ3n) is 4.03. The Kier molecular flexibility index (Phi) is 4.11. The molecule has 20 heavy (non-hydrogen) atoms. The van der Waals surface area contributed by atoms with Crippen LogP contribution in [0.1, 0.15) is 30.4 Å². The van der Waals surface area contributed by atoms with Gasteiger partial charge < -0.3 is 4.90 Å². The van der Waals surface area contributed by atoms with E-state index in [1.165, 1.54) is 27.7 Å². The van der Waals surface area contributed by atoms with E-state index in [2.05, 4.69) is 76.3 Å². The summed E-state index contributed by atoms with van der Waals surface area (Å²) in [5.74, 6) is 0.608. The molecule has 0 saturated heterocycles. The highest BCUT2D eigenvalue weighted by molar-refractivity contribution is 9.10. The minimum Gasteiger partial charge on any atom is -0.371 e. The van der Waals surface area contributed by atoms with Gasteiger partial charge in [-0.2, -0.15) is 0 Å². The first-order valence-electron chi connectivity index (χ1n) is 7.36. The first-order valence-corrected chi connectivity index (χ1v) is 8.15. The van der Waals surface area contributed by atoms with Crippen LogP contribution in [0.25, 0.3) is 0 Å². The largest absolute Gasteiger partial charge is 0.371 e. The van der Waals surface area contributed by atoms with Crippen molar-refractivity contribution in [1.82, 2.24) is 0 Å². The summed E-state index contributed by atoms with van der Waals surface area (Å²) in [6.45, 7) is 4.55. The number of rotatable bonds is 4. The van der Waals surface area contributed by atoms with Gasteiger partial charge in [-0.25, -0.2) is 0 Å². The second-order valence-electron chi connectivity index (χ2n) is 5.54. The maximum atomic E-state index is 3.62. The van der Waals surface area contributed by atoms with Gasteiger partial charge in [0.1, 0.15) is 0 Å². The molecular formula is C18H20BrN. The predicted molar refractivity (Wildman–Crippen MR) is 89.5 cm³/mol. The van der Waals surface area contributed by atoms with Crippen LogP contribution >= 0.6 is 15.9 Å². The third-order valence-corrected chi connectivity index (χ3v) is 4.52. The molecule has 0 aliphatic carbocycles. The summed E-state index contributed by atoms with van der Waals surface area (Å²) in [4.78, 5) is 2.54. The molecule has 1 heterocycles. The minimum atomic E-state index is 0.608. The SMILES string of the molecule is CCCN1CC(Cc2ccccc2)c2cc(Br)ccc21. The van der Waals surface area contributed by atoms with Crippen molar-refractivity contribution in [3.8, 4) is 0 Å². The van der Waals surface area contributed by atoms with Crippen LogP contribution in [0.2, 0.25) is 0 Å². The van der Waals surface area contributed by atoms with Gasteiger partial charge in [-0.15, -0.1) is 0 Å². The van der Waals surface area contributed by atoms with E-state index >= 15 is 0 Å². The fraction of sp³-hybridized carbons (Fsp3) is 0.333. The average Bonchev–Trinajstić information content (AvgIpc) is 2.78. The number of fused-ring (bicyclic) bond motifs is 1. The Morgan fingerprint density at radius 1 is 1.15 bits per heavy atom. The van der Waals surface area contributed by atoms with E-state index in [1.807, 2.05) is 0 Å². The van der Waals surface area contributed by atoms with Gasteiger partial charge in [0.15, 0.2) is 0 Å². The standard InChI is InChI=1S/C18H20BrN/c1-2-10-20-13-15(11-14-6-4-3-5-7-14)17-12-16(19)8-9-18(17)20/h3-9,12,15H,2,10-11,13H2,1H3. The normalized spacial score (nSPS) is 17.3. The molecule has 0 fully saturated rings. The van der Waals surface area contributed by atoms with Crippen LogP contribution in [0.15, 0.2) is 53.0 Å². The first kappa shape index (κ1) is 13.7. The molecule has 0 bridgehead atoms. The molecule has 3 rings (SSSR count). The molecule has 2 heteroatoms. The summed E-state index contributed by atoms with van der Waals surface area (Å²) >= 11 is 3.62. The topological polar surface area (TPSA) is 3.24 Å². The maximum absolute atomic E-state index is 3.62. The van der Waals surface area contributed by atoms with Crippen molar-refractivity contribution in [3.63, 3.8) is 0 Å². The van der Waals surface area contributed by atoms with Gasteiger partial charge in [0, 0.05) is 29.2 Å². The number of hydrogen-bond acceptors (Lipinski definition) is 1. The van der Waals surface area contributed by atoms with E-state index in [-0.39, 0.29) is 0 Å². The molecule has 1 aliphatic heterocycles. The molecule has 1 nitrogen and oxygen atoms in total. The molecule has 0 N–H and O–H groups in total. The lowest BCUT2D eigenvalue weighted by Gasteiger charge is -2.18. The molecular weight excluding hydrogens is 310 g/mol. The number of anilines is 1. The highest BCUT2D eigenvalue weighted by Gasteiger charge is 2.28. The van der Waals surface area contributed by atoms with Gasteiger partial charge in [0.05, 0.1) is 0 Å². The second-order valence-corrected chi connectivity index (χ2v) is 6.45. The molecule has 0 saturated carbocycles. The van der Waals surface area contributed by atoms with Gasteiger partial charge in [0.2, 0.25) is 0 Å². The van der Waals surface area contributed by atoms with Crippen LogP contribution in [-0.4, -0.2) is 13.1 Å². The van der Waals surface area contributed by atoms with E-state index in [4.69, 9.17) is 0 Å². The van der Waals surface area contributed by atoms with E-state index < -0.39 is 0 Å². The van der Waals surface area contributed by atoms with E-state index in [0.29, 0.717) is 5.92 Å². The van der Waals surface area contributed by atoms with Gasteiger partial charge in [-0.3, -0.25) is 0 Å². The smallest absolute Gasteiger partial charge is 0.0403 e. The summed E-state index contributed by atoms with van der Waals surface area (Å²) in [5, 5.41) is 0. The fourth-order valence-corrected chi connectivity index (χ4v) is 3.54. The van der Waals surface area contributed by atoms with Crippen LogP contribution in [0.4, 0.5) is 5.69 Å². The lowest BCUT2D eigenvalue weighted by atomic mass is 9.94. The van der Waals surface area contributed by atoms with Crippen LogP contribution < -0.4 is 4.90 Å². The highest BCUT2D eigenvalue weighted by Crippen LogP contribution is 2.39. The summed E-state index contributed by atoms with van der Waals surface area (Å²) in [7, 11) is 0. The average molecular weight is 330 g/mol. The van der Waals surface area contributed by atoms with E-state index in [1.54, 1.807) is 0 Å². The Morgan fingerprint density at radius 2 is 1.95 bits per heavy atom. The number of hydrogen-bond donors (Lipinski definition) is 0. The van der Waals surface area contributed by atoms with E-state index in [0.717, 1.165) is 19.5 Å². The molecule has 1 atom stereocenters. The predicted octanol–water partition coefficient (Wildman–Crippen LogP) is 5.01. The molecule has 0 amide bonds. The first-order chi connectivity index (χ1) is 9.78. The highest BCUT2D eigenvalue weighted by atomic mass is 79.9. The molecule has 2 aromatic carbocycles. The van der Waals surface area contributed by atoms with Crippen molar-refractivity contribution in [3.05, 3.63) is 64.1 Å². The van der Waals surface area contributed by atoms with Crippen LogP contribution in [-0.2, 0) is 6.42 Å². The van der Waals surface area contributed by atoms with Gasteiger partial charge in [0.25, 0.3) is 0 Å². The van der Waals surface area contributed by atoms with Crippen molar-refractivity contribution < 1.29 is 0 Å². The number of benzene rings is 2. The zero-order chi connectivity index (χ0) is 13.9. The summed E-state index contributed by atoms with van der Waals surface area (Å²) in [6.07, 6.45) is 2.33. The Hall–Kier alpha value is -1.28. The van der Waals surface area contributed by atoms with Gasteiger partial charge in [-0.1, -0.05) is 53.2 Å². The Balaban J connectivity index is 1.88. The summed E-state index contributed by atoms with van der Waals surface area (Å²) in [5.41, 5.74) is 4.36. The molecule has 0 aromatic heterocycles. The lowest BCUT2D eigenvalue weighted by Crippen LogP contribution is -2.23. The number of nitrogens with zero attached hydrogens (tertiary/aromatic N) is 1. The van der Waals surface area contributed by atoms with Crippen molar-refractivity contribution in [1.29, 1.82) is 0 Å². The van der Waals surface area contributed by atoms with Crippen molar-refractivity contribution in [2.45, 2.75) is 25.7 Å². The van der Waals surface area contributed by atoms with Crippen molar-refractivity contribution >= 4 is 21.6 Å². The van der Waals surface area contributed by atoms with Crippen molar-refractivity contribution in [2.75, 3.05) is 18.0 Å². The second kappa shape index (κ2) is 6.01. The lowest BCUT2D eigenvalue weighted by molar-refractivity contribution is 0.682. The molecule has 1 unspecified atom stereocenters. The summed E-state index contributed by atoms with van der Waals surface area (Å²) < 4.78 is 1.19. The zero-order valence-electron chi connectivity index (χ0n) is 11.8. The monoisotopic (exact) mass is 329 g/mol. The molecule has 2 aromatic rings. The fourth-order valence-electron chi connectivity index (χ4n) is 3.16. The Labute approximate surface area is 129 Å². The van der Waals surface area contributed by atoms with Crippen molar-refractivity contribution in [2.24, 2.45) is 0 Å². The van der Waals surface area contributed by atoms with Gasteiger partial charge >= 0.3 is 0 Å². The molecule has 0 radical (unpaired) electrons. The van der Waals surface area contributed by atoms with Crippen LogP contribution in [0.3, 0.4) is 0 Å². The van der Waals surface area contributed by atoms with Gasteiger partial charge in [-0.05, 0) is 42.2 Å². The quantitative estimate of drug-likeness (QED) is 0.762. The zero-order valence-corrected chi connectivity index (χ0v) is 13.4. The van der Waals surface area contributed by atoms with Crippen LogP contribution in [0, 0.1) is 0 Å². The Bertz CT molecular complexity index is 579. The van der Waals surface area contributed by atoms with E-state index in [9.17, 15) is 0 Å². The molecule has 0 spiro atoms. The third kappa shape index (κ3) is 2.76. The summed E-state index contributed by atoms with van der Waals surface area (Å²) in [6, 6.07) is 17.6. The minimum absolute atomic E-state index is 0.608. The number of halogens is 1. The molecule has 1 aliphatic rings. The maximum Gasteiger partial charge on any atom is 0.0403 e. The Morgan fingerprint density at radius 3 is 2.70 bits per heavy atom. The molecule has 104 valence electrons.